The summed E-state index contributed by atoms with van der Waals surface area (Å²) in [5.74, 6) is 0.398. The van der Waals surface area contributed by atoms with E-state index in [4.69, 9.17) is 4.74 Å². The van der Waals surface area contributed by atoms with Crippen LogP contribution in [0.4, 0.5) is 0 Å². The Morgan fingerprint density at radius 3 is 2.67 bits per heavy atom. The average molecular weight is 357 g/mol. The van der Waals surface area contributed by atoms with Gasteiger partial charge in [-0.3, -0.25) is 9.59 Å². The van der Waals surface area contributed by atoms with Gasteiger partial charge >= 0.3 is 0 Å². The van der Waals surface area contributed by atoms with Gasteiger partial charge in [-0.2, -0.15) is 0 Å². The largest absolute Gasteiger partial charge is 0.496 e. The molecule has 1 aromatic rings. The number of rotatable bonds is 7. The van der Waals surface area contributed by atoms with Crippen molar-refractivity contribution < 1.29 is 14.3 Å². The maximum Gasteiger partial charge on any atom is 0.251 e. The fourth-order valence-corrected chi connectivity index (χ4v) is 2.19. The first-order valence-electron chi connectivity index (χ1n) is 6.89. The number of amides is 2. The average Bonchev–Trinajstić information content (AvgIpc) is 2.46. The Labute approximate surface area is 133 Å². The Morgan fingerprint density at radius 1 is 1.38 bits per heavy atom. The number of halogens is 1. The van der Waals surface area contributed by atoms with Crippen LogP contribution in [0.25, 0.3) is 0 Å². The number of ether oxygens (including phenoxy) is 1. The van der Waals surface area contributed by atoms with Gasteiger partial charge in [-0.25, -0.2) is 0 Å². The summed E-state index contributed by atoms with van der Waals surface area (Å²) in [6.45, 7) is 4.27. The summed E-state index contributed by atoms with van der Waals surface area (Å²) in [6.07, 6.45) is 1.16. The Kier molecular flexibility index (Phi) is 7.22. The topological polar surface area (TPSA) is 67.4 Å². The van der Waals surface area contributed by atoms with Crippen molar-refractivity contribution >= 4 is 27.7 Å². The van der Waals surface area contributed by atoms with Crippen molar-refractivity contribution in [3.05, 3.63) is 28.2 Å². The van der Waals surface area contributed by atoms with Crippen LogP contribution < -0.4 is 15.4 Å². The van der Waals surface area contributed by atoms with E-state index in [1.165, 1.54) is 0 Å². The number of nitrogens with one attached hydrogen (secondary N) is 2. The molecule has 0 saturated carbocycles. The number of carbonyl (C=O) groups is 2. The van der Waals surface area contributed by atoms with Gasteiger partial charge in [0.1, 0.15) is 5.75 Å². The molecule has 0 aromatic heterocycles. The monoisotopic (exact) mass is 356 g/mol. The van der Waals surface area contributed by atoms with E-state index in [9.17, 15) is 9.59 Å². The molecule has 21 heavy (non-hydrogen) atoms. The Hall–Kier alpha value is -1.56. The molecule has 6 heteroatoms. The van der Waals surface area contributed by atoms with Gasteiger partial charge in [0, 0.05) is 24.6 Å². The Balaban J connectivity index is 2.44. The van der Waals surface area contributed by atoms with Gasteiger partial charge in [0.15, 0.2) is 0 Å². The number of hydrogen-bond acceptors (Lipinski definition) is 3. The lowest BCUT2D eigenvalue weighted by Gasteiger charge is -2.11. The highest BCUT2D eigenvalue weighted by Gasteiger charge is 2.10. The molecule has 0 fully saturated rings. The second kappa shape index (κ2) is 8.67. The third-order valence-corrected chi connectivity index (χ3v) is 3.69. The zero-order valence-corrected chi connectivity index (χ0v) is 14.1. The number of carbonyl (C=O) groups excluding carboxylic acids is 2. The lowest BCUT2D eigenvalue weighted by molar-refractivity contribution is -0.121. The number of methoxy groups -OCH3 is 1. The van der Waals surface area contributed by atoms with Crippen molar-refractivity contribution in [3.8, 4) is 5.75 Å². The van der Waals surface area contributed by atoms with Gasteiger partial charge in [0.25, 0.3) is 5.91 Å². The number of benzene rings is 1. The fourth-order valence-electron chi connectivity index (χ4n) is 1.65. The van der Waals surface area contributed by atoms with E-state index >= 15 is 0 Å². The van der Waals surface area contributed by atoms with Gasteiger partial charge in [-0.1, -0.05) is 6.92 Å². The third-order valence-electron chi connectivity index (χ3n) is 3.07. The van der Waals surface area contributed by atoms with E-state index in [0.717, 1.165) is 6.42 Å². The van der Waals surface area contributed by atoms with Crippen LogP contribution in [-0.4, -0.2) is 31.5 Å². The third kappa shape index (κ3) is 5.75. The molecule has 2 N–H and O–H groups in total. The van der Waals surface area contributed by atoms with E-state index < -0.39 is 0 Å². The molecule has 0 aliphatic rings. The SMILES string of the molecule is CCC(C)NC(=O)CCNC(=O)c1ccc(OC)c(Br)c1. The predicted octanol–water partition coefficient (Wildman–Crippen LogP) is 2.49. The molecule has 0 spiro atoms. The summed E-state index contributed by atoms with van der Waals surface area (Å²) >= 11 is 3.33. The lowest BCUT2D eigenvalue weighted by atomic mass is 10.2. The zero-order chi connectivity index (χ0) is 15.8. The van der Waals surface area contributed by atoms with Gasteiger partial charge in [0.2, 0.25) is 5.91 Å². The summed E-state index contributed by atoms with van der Waals surface area (Å²) in [7, 11) is 1.57. The Bertz CT molecular complexity index is 506. The van der Waals surface area contributed by atoms with Crippen LogP contribution in [-0.2, 0) is 4.79 Å². The molecule has 0 aliphatic heterocycles. The molecule has 0 aliphatic carbocycles. The molecule has 1 unspecified atom stereocenters. The summed E-state index contributed by atoms with van der Waals surface area (Å²) in [6, 6.07) is 5.24. The van der Waals surface area contributed by atoms with E-state index in [-0.39, 0.29) is 24.3 Å². The molecule has 5 nitrogen and oxygen atoms in total. The first-order chi connectivity index (χ1) is 9.97. The lowest BCUT2D eigenvalue weighted by Crippen LogP contribution is -2.35. The maximum absolute atomic E-state index is 12.0. The van der Waals surface area contributed by atoms with Gasteiger partial charge in [-0.15, -0.1) is 0 Å². The van der Waals surface area contributed by atoms with E-state index in [1.807, 2.05) is 13.8 Å². The van der Waals surface area contributed by atoms with E-state index in [1.54, 1.807) is 25.3 Å². The summed E-state index contributed by atoms with van der Waals surface area (Å²) in [5, 5.41) is 5.58. The maximum atomic E-state index is 12.0. The second-order valence-electron chi connectivity index (χ2n) is 4.73. The van der Waals surface area contributed by atoms with E-state index in [2.05, 4.69) is 26.6 Å². The standard InChI is InChI=1S/C15H21BrN2O3/c1-4-10(2)18-14(19)7-8-17-15(20)11-5-6-13(21-3)12(16)9-11/h5-6,9-10H,4,7-8H2,1-3H3,(H,17,20)(H,18,19). The van der Waals surface area contributed by atoms with Crippen molar-refractivity contribution in [2.75, 3.05) is 13.7 Å². The smallest absolute Gasteiger partial charge is 0.251 e. The van der Waals surface area contributed by atoms with Crippen LogP contribution in [0.3, 0.4) is 0 Å². The second-order valence-corrected chi connectivity index (χ2v) is 5.59. The molecule has 116 valence electrons. The highest BCUT2D eigenvalue weighted by atomic mass is 79.9. The molecule has 0 heterocycles. The molecule has 1 aromatic carbocycles. The molecule has 0 saturated heterocycles. The molecular weight excluding hydrogens is 336 g/mol. The first-order valence-corrected chi connectivity index (χ1v) is 7.68. The molecule has 2 amide bonds. The van der Waals surface area contributed by atoms with Gasteiger partial charge in [0.05, 0.1) is 11.6 Å². The van der Waals surface area contributed by atoms with Crippen LogP contribution in [0.2, 0.25) is 0 Å². The van der Waals surface area contributed by atoms with Crippen molar-refractivity contribution in [1.82, 2.24) is 10.6 Å². The molecule has 1 atom stereocenters. The fraction of sp³-hybridized carbons (Fsp3) is 0.467. The molecule has 0 bridgehead atoms. The van der Waals surface area contributed by atoms with Crippen LogP contribution in [0, 0.1) is 0 Å². The predicted molar refractivity (Wildman–Crippen MR) is 85.5 cm³/mol. The minimum atomic E-state index is -0.213. The van der Waals surface area contributed by atoms with Crippen molar-refractivity contribution in [1.29, 1.82) is 0 Å². The summed E-state index contributed by atoms with van der Waals surface area (Å²) in [4.78, 5) is 23.5. The normalized spacial score (nSPS) is 11.6. The minimum absolute atomic E-state index is 0.0550. The zero-order valence-electron chi connectivity index (χ0n) is 12.5. The van der Waals surface area contributed by atoms with Crippen LogP contribution in [0.1, 0.15) is 37.0 Å². The quantitative estimate of drug-likeness (QED) is 0.788. The van der Waals surface area contributed by atoms with Gasteiger partial charge in [-0.05, 0) is 47.5 Å². The van der Waals surface area contributed by atoms with Crippen molar-refractivity contribution in [3.63, 3.8) is 0 Å². The molecule has 1 rings (SSSR count). The van der Waals surface area contributed by atoms with Crippen LogP contribution in [0.15, 0.2) is 22.7 Å². The van der Waals surface area contributed by atoms with Crippen molar-refractivity contribution in [2.24, 2.45) is 0 Å². The van der Waals surface area contributed by atoms with E-state index in [0.29, 0.717) is 22.3 Å². The minimum Gasteiger partial charge on any atom is -0.496 e. The van der Waals surface area contributed by atoms with Crippen molar-refractivity contribution in [2.45, 2.75) is 32.7 Å². The highest BCUT2D eigenvalue weighted by Crippen LogP contribution is 2.25. The number of hydrogen-bond donors (Lipinski definition) is 2. The van der Waals surface area contributed by atoms with Crippen LogP contribution in [0.5, 0.6) is 5.75 Å². The van der Waals surface area contributed by atoms with Crippen LogP contribution >= 0.6 is 15.9 Å². The highest BCUT2D eigenvalue weighted by molar-refractivity contribution is 9.10. The summed E-state index contributed by atoms with van der Waals surface area (Å²) < 4.78 is 5.82. The van der Waals surface area contributed by atoms with Gasteiger partial charge < -0.3 is 15.4 Å². The first kappa shape index (κ1) is 17.5. The molecular formula is C15H21BrN2O3. The molecule has 0 radical (unpaired) electrons. The summed E-state index contributed by atoms with van der Waals surface area (Å²) in [5.41, 5.74) is 0.519. The Morgan fingerprint density at radius 2 is 2.10 bits per heavy atom.